The Kier molecular flexibility index (Phi) is 7.48. The molecule has 0 unspecified atom stereocenters. The number of rotatable bonds is 5. The lowest BCUT2D eigenvalue weighted by molar-refractivity contribution is -0.137. The van der Waals surface area contributed by atoms with Crippen molar-refractivity contribution in [3.63, 3.8) is 0 Å². The quantitative estimate of drug-likeness (QED) is 0.678. The van der Waals surface area contributed by atoms with E-state index in [1.54, 1.807) is 35.4 Å². The second kappa shape index (κ2) is 10.6. The Morgan fingerprint density at radius 1 is 1.17 bits per heavy atom. The molecule has 7 nitrogen and oxygen atoms in total. The van der Waals surface area contributed by atoms with Gasteiger partial charge >= 0.3 is 6.18 Å². The first kappa shape index (κ1) is 25.5. The molecule has 2 atom stereocenters. The number of anilines is 1. The number of amides is 2. The zero-order valence-electron chi connectivity index (χ0n) is 20.0. The lowest BCUT2D eigenvalue weighted by Crippen LogP contribution is -2.43. The van der Waals surface area contributed by atoms with Crippen LogP contribution in [0.4, 0.5) is 18.9 Å². The highest BCUT2D eigenvalue weighted by Gasteiger charge is 2.43. The van der Waals surface area contributed by atoms with E-state index >= 15 is 0 Å². The number of carbonyl (C=O) groups is 2. The van der Waals surface area contributed by atoms with Gasteiger partial charge in [-0.3, -0.25) is 14.6 Å². The first-order valence-corrected chi connectivity index (χ1v) is 12.1. The van der Waals surface area contributed by atoms with Crippen molar-refractivity contribution in [3.05, 3.63) is 59.4 Å². The second-order valence-corrected chi connectivity index (χ2v) is 9.25. The van der Waals surface area contributed by atoms with Crippen LogP contribution < -0.4 is 10.2 Å². The zero-order valence-corrected chi connectivity index (χ0v) is 20.0. The molecule has 2 saturated heterocycles. The standard InChI is InChI=1S/C26H28F3N5O2/c1-2-31-24(35)21-16-34(19-7-6-18(14-30)22(13-19)26(27,28)29)15-20(21)17-8-11-33(12-9-17)25(36)23-5-3-4-10-32-23/h3-7,10,13,17,20-21H,2,8-9,11-12,15-16H2,1H3,(H,31,35)/t20-,21+/m0/s1. The first-order chi connectivity index (χ1) is 17.2. The molecule has 2 aliphatic rings. The summed E-state index contributed by atoms with van der Waals surface area (Å²) in [6, 6.07) is 10.5. The Morgan fingerprint density at radius 2 is 1.92 bits per heavy atom. The van der Waals surface area contributed by atoms with Crippen LogP contribution in [-0.4, -0.2) is 54.4 Å². The van der Waals surface area contributed by atoms with Gasteiger partial charge in [-0.25, -0.2) is 0 Å². The first-order valence-electron chi connectivity index (χ1n) is 12.1. The summed E-state index contributed by atoms with van der Waals surface area (Å²) in [5.41, 5.74) is -0.653. The topological polar surface area (TPSA) is 89.3 Å². The van der Waals surface area contributed by atoms with Gasteiger partial charge in [0, 0.05) is 44.6 Å². The van der Waals surface area contributed by atoms with Gasteiger partial charge in [-0.05, 0) is 61.9 Å². The Labute approximate surface area is 207 Å². The summed E-state index contributed by atoms with van der Waals surface area (Å²) in [6.07, 6.45) is -1.66. The largest absolute Gasteiger partial charge is 0.417 e. The zero-order chi connectivity index (χ0) is 25.9. The van der Waals surface area contributed by atoms with Gasteiger partial charge in [0.2, 0.25) is 5.91 Å². The van der Waals surface area contributed by atoms with Crippen LogP contribution in [0.5, 0.6) is 0 Å². The van der Waals surface area contributed by atoms with E-state index in [0.717, 1.165) is 6.07 Å². The number of benzene rings is 1. The third-order valence-corrected chi connectivity index (χ3v) is 7.16. The summed E-state index contributed by atoms with van der Waals surface area (Å²) in [6.45, 7) is 4.10. The molecule has 0 spiro atoms. The molecule has 0 aliphatic carbocycles. The number of hydrogen-bond acceptors (Lipinski definition) is 5. The van der Waals surface area contributed by atoms with E-state index in [4.69, 9.17) is 5.26 Å². The number of likely N-dealkylation sites (tertiary alicyclic amines) is 1. The molecule has 3 heterocycles. The normalized spacial score (nSPS) is 20.8. The highest BCUT2D eigenvalue weighted by Crippen LogP contribution is 2.40. The molecule has 2 fully saturated rings. The monoisotopic (exact) mass is 499 g/mol. The highest BCUT2D eigenvalue weighted by atomic mass is 19.4. The minimum Gasteiger partial charge on any atom is -0.370 e. The van der Waals surface area contributed by atoms with Crippen molar-refractivity contribution >= 4 is 17.5 Å². The average molecular weight is 500 g/mol. The van der Waals surface area contributed by atoms with Crippen LogP contribution in [0.1, 0.15) is 41.4 Å². The van der Waals surface area contributed by atoms with Gasteiger partial charge < -0.3 is 15.1 Å². The molecule has 2 aromatic rings. The van der Waals surface area contributed by atoms with Crippen LogP contribution in [0, 0.1) is 29.1 Å². The molecule has 1 aromatic carbocycles. The number of piperidine rings is 1. The van der Waals surface area contributed by atoms with Gasteiger partial charge in [0.1, 0.15) is 5.69 Å². The molecule has 10 heteroatoms. The van der Waals surface area contributed by atoms with Crippen molar-refractivity contribution in [2.45, 2.75) is 25.9 Å². The lowest BCUT2D eigenvalue weighted by Gasteiger charge is -2.36. The summed E-state index contributed by atoms with van der Waals surface area (Å²) in [7, 11) is 0. The number of aromatic nitrogens is 1. The van der Waals surface area contributed by atoms with Gasteiger partial charge in [-0.1, -0.05) is 6.07 Å². The van der Waals surface area contributed by atoms with Crippen molar-refractivity contribution in [2.24, 2.45) is 17.8 Å². The number of nitriles is 1. The van der Waals surface area contributed by atoms with Crippen molar-refractivity contribution in [1.82, 2.24) is 15.2 Å². The maximum absolute atomic E-state index is 13.5. The second-order valence-electron chi connectivity index (χ2n) is 9.25. The maximum Gasteiger partial charge on any atom is 0.417 e. The van der Waals surface area contributed by atoms with Crippen LogP contribution in [0.15, 0.2) is 42.6 Å². The van der Waals surface area contributed by atoms with E-state index in [1.807, 2.05) is 11.8 Å². The Hall–Kier alpha value is -3.61. The predicted octanol–water partition coefficient (Wildman–Crippen LogP) is 3.71. The Bertz CT molecular complexity index is 1140. The van der Waals surface area contributed by atoms with Crippen molar-refractivity contribution in [1.29, 1.82) is 5.26 Å². The third-order valence-electron chi connectivity index (χ3n) is 7.16. The summed E-state index contributed by atoms with van der Waals surface area (Å²) in [5.74, 6) is -0.524. The smallest absolute Gasteiger partial charge is 0.370 e. The molecule has 0 radical (unpaired) electrons. The Balaban J connectivity index is 1.51. The molecule has 0 bridgehead atoms. The minimum atomic E-state index is -4.65. The van der Waals surface area contributed by atoms with E-state index in [1.165, 1.54) is 12.1 Å². The van der Waals surface area contributed by atoms with Gasteiger partial charge in [-0.2, -0.15) is 18.4 Å². The number of hydrogen-bond donors (Lipinski definition) is 1. The molecule has 4 rings (SSSR count). The third kappa shape index (κ3) is 5.30. The van der Waals surface area contributed by atoms with Crippen LogP contribution in [0.2, 0.25) is 0 Å². The number of nitrogens with one attached hydrogen (secondary N) is 1. The number of carbonyl (C=O) groups excluding carboxylic acids is 2. The number of halogens is 3. The van der Waals surface area contributed by atoms with E-state index in [2.05, 4.69) is 10.3 Å². The number of alkyl halides is 3. The fourth-order valence-corrected chi connectivity index (χ4v) is 5.34. The molecule has 1 aromatic heterocycles. The molecular weight excluding hydrogens is 471 g/mol. The fraction of sp³-hybridized carbons (Fsp3) is 0.462. The maximum atomic E-state index is 13.5. The molecule has 2 amide bonds. The van der Waals surface area contributed by atoms with E-state index < -0.39 is 17.3 Å². The molecular formula is C26H28F3N5O2. The lowest BCUT2D eigenvalue weighted by atomic mass is 9.78. The van der Waals surface area contributed by atoms with Crippen molar-refractivity contribution in [3.8, 4) is 6.07 Å². The van der Waals surface area contributed by atoms with Gasteiger partial charge in [0.15, 0.2) is 0 Å². The predicted molar refractivity (Wildman–Crippen MR) is 127 cm³/mol. The van der Waals surface area contributed by atoms with Crippen molar-refractivity contribution in [2.75, 3.05) is 37.6 Å². The SMILES string of the molecule is CCNC(=O)[C@@H]1CN(c2ccc(C#N)c(C(F)(F)F)c2)C[C@H]1C1CCN(C(=O)c2ccccn2)CC1. The number of nitrogens with zero attached hydrogens (tertiary/aromatic N) is 4. The highest BCUT2D eigenvalue weighted by molar-refractivity contribution is 5.92. The molecule has 36 heavy (non-hydrogen) atoms. The average Bonchev–Trinajstić information content (AvgIpc) is 3.34. The molecule has 1 N–H and O–H groups in total. The Morgan fingerprint density at radius 3 is 2.53 bits per heavy atom. The summed E-state index contributed by atoms with van der Waals surface area (Å²) >= 11 is 0. The van der Waals surface area contributed by atoms with Crippen LogP contribution >= 0.6 is 0 Å². The van der Waals surface area contributed by atoms with Gasteiger partial charge in [0.25, 0.3) is 5.91 Å². The molecule has 2 aliphatic heterocycles. The van der Waals surface area contributed by atoms with E-state index in [9.17, 15) is 22.8 Å². The fourth-order valence-electron chi connectivity index (χ4n) is 5.34. The van der Waals surface area contributed by atoms with Crippen molar-refractivity contribution < 1.29 is 22.8 Å². The van der Waals surface area contributed by atoms with Crippen LogP contribution in [0.3, 0.4) is 0 Å². The molecule has 190 valence electrons. The molecule has 0 saturated carbocycles. The van der Waals surface area contributed by atoms with E-state index in [0.29, 0.717) is 56.9 Å². The summed E-state index contributed by atoms with van der Waals surface area (Å²) < 4.78 is 40.6. The van der Waals surface area contributed by atoms with Gasteiger partial charge in [-0.15, -0.1) is 0 Å². The van der Waals surface area contributed by atoms with Crippen LogP contribution in [0.25, 0.3) is 0 Å². The number of pyridine rings is 1. The van der Waals surface area contributed by atoms with Gasteiger partial charge in [0.05, 0.1) is 23.1 Å². The summed E-state index contributed by atoms with van der Waals surface area (Å²) in [4.78, 5) is 33.4. The minimum absolute atomic E-state index is 0.0615. The summed E-state index contributed by atoms with van der Waals surface area (Å²) in [5, 5.41) is 12.0. The van der Waals surface area contributed by atoms with Crippen LogP contribution in [-0.2, 0) is 11.0 Å². The van der Waals surface area contributed by atoms with E-state index in [-0.39, 0.29) is 29.6 Å².